The number of anilines is 1. The van der Waals surface area contributed by atoms with Crippen LogP contribution >= 0.6 is 0 Å². The Morgan fingerprint density at radius 2 is 1.86 bits per heavy atom. The summed E-state index contributed by atoms with van der Waals surface area (Å²) in [4.78, 5) is 36.7. The minimum Gasteiger partial charge on any atom is -0.496 e. The lowest BCUT2D eigenvalue weighted by Crippen LogP contribution is -2.42. The maximum atomic E-state index is 12.3. The first-order chi connectivity index (χ1) is 13.6. The predicted octanol–water partition coefficient (Wildman–Crippen LogP) is 1.88. The van der Waals surface area contributed by atoms with Crippen molar-refractivity contribution in [3.8, 4) is 5.75 Å². The Morgan fingerprint density at radius 1 is 1.11 bits per heavy atom. The van der Waals surface area contributed by atoms with Gasteiger partial charge in [-0.05, 0) is 36.6 Å². The van der Waals surface area contributed by atoms with E-state index < -0.39 is 6.04 Å². The molecule has 1 heterocycles. The Balaban J connectivity index is 1.48. The van der Waals surface area contributed by atoms with Gasteiger partial charge in [-0.15, -0.1) is 0 Å². The minimum absolute atomic E-state index is 0.140. The number of benzene rings is 2. The second kappa shape index (κ2) is 9.03. The molecule has 0 spiro atoms. The Kier molecular flexibility index (Phi) is 6.26. The van der Waals surface area contributed by atoms with Crippen molar-refractivity contribution >= 4 is 23.4 Å². The van der Waals surface area contributed by atoms with Crippen molar-refractivity contribution in [3.63, 3.8) is 0 Å². The number of amides is 3. The van der Waals surface area contributed by atoms with Gasteiger partial charge < -0.3 is 20.7 Å². The molecule has 0 radical (unpaired) electrons. The summed E-state index contributed by atoms with van der Waals surface area (Å²) in [7, 11) is 1.61. The highest BCUT2D eigenvalue weighted by Gasteiger charge is 2.27. The third kappa shape index (κ3) is 4.68. The summed E-state index contributed by atoms with van der Waals surface area (Å²) < 4.78 is 5.29. The summed E-state index contributed by atoms with van der Waals surface area (Å²) in [6, 6.07) is 13.7. The molecule has 3 N–H and O–H groups in total. The van der Waals surface area contributed by atoms with E-state index >= 15 is 0 Å². The molecule has 2 aromatic rings. The Morgan fingerprint density at radius 3 is 2.68 bits per heavy atom. The van der Waals surface area contributed by atoms with Crippen molar-refractivity contribution in [1.82, 2.24) is 10.6 Å². The van der Waals surface area contributed by atoms with Gasteiger partial charge in [0.1, 0.15) is 11.8 Å². The van der Waals surface area contributed by atoms with Crippen LogP contribution in [0.25, 0.3) is 0 Å². The average Bonchev–Trinajstić information content (AvgIpc) is 2.83. The third-order valence-corrected chi connectivity index (χ3v) is 4.62. The predicted molar refractivity (Wildman–Crippen MR) is 105 cm³/mol. The van der Waals surface area contributed by atoms with Gasteiger partial charge in [0.15, 0.2) is 0 Å². The molecule has 0 aromatic heterocycles. The van der Waals surface area contributed by atoms with Gasteiger partial charge in [0.05, 0.1) is 18.4 Å². The summed E-state index contributed by atoms with van der Waals surface area (Å²) >= 11 is 0. The van der Waals surface area contributed by atoms with Crippen LogP contribution in [0.1, 0.15) is 28.8 Å². The molecular weight excluding hydrogens is 358 g/mol. The zero-order valence-electron chi connectivity index (χ0n) is 15.7. The first kappa shape index (κ1) is 19.4. The molecule has 0 bridgehead atoms. The number of rotatable bonds is 7. The van der Waals surface area contributed by atoms with Gasteiger partial charge in [0, 0.05) is 13.0 Å². The van der Waals surface area contributed by atoms with Crippen LogP contribution in [0.2, 0.25) is 0 Å². The zero-order chi connectivity index (χ0) is 19.9. The van der Waals surface area contributed by atoms with E-state index in [0.717, 1.165) is 11.3 Å². The number of fused-ring (bicyclic) bond motifs is 1. The van der Waals surface area contributed by atoms with Crippen molar-refractivity contribution in [2.75, 3.05) is 19.0 Å². The Hall–Kier alpha value is -3.35. The number of para-hydroxylation sites is 2. The molecule has 1 aliphatic heterocycles. The van der Waals surface area contributed by atoms with Crippen LogP contribution in [0.3, 0.4) is 0 Å². The normalized spacial score (nSPS) is 15.7. The first-order valence-electron chi connectivity index (χ1n) is 9.18. The highest BCUT2D eigenvalue weighted by Crippen LogP contribution is 2.19. The zero-order valence-corrected chi connectivity index (χ0v) is 15.7. The van der Waals surface area contributed by atoms with Crippen LogP contribution in [0.5, 0.6) is 5.75 Å². The van der Waals surface area contributed by atoms with Crippen molar-refractivity contribution in [2.24, 2.45) is 0 Å². The number of hydrogen-bond donors (Lipinski definition) is 3. The molecule has 0 aliphatic carbocycles. The van der Waals surface area contributed by atoms with Crippen molar-refractivity contribution in [2.45, 2.75) is 25.3 Å². The minimum atomic E-state index is -0.750. The first-order valence-corrected chi connectivity index (χ1v) is 9.18. The molecule has 1 aliphatic rings. The molecule has 1 atom stereocenters. The van der Waals surface area contributed by atoms with Gasteiger partial charge in [0.25, 0.3) is 5.91 Å². The lowest BCUT2D eigenvalue weighted by Gasteiger charge is -2.14. The average molecular weight is 381 g/mol. The molecule has 0 fully saturated rings. The van der Waals surface area contributed by atoms with E-state index in [0.29, 0.717) is 24.2 Å². The highest BCUT2D eigenvalue weighted by atomic mass is 16.5. The van der Waals surface area contributed by atoms with E-state index in [4.69, 9.17) is 4.74 Å². The lowest BCUT2D eigenvalue weighted by molar-refractivity contribution is -0.121. The number of methoxy groups -OCH3 is 1. The summed E-state index contributed by atoms with van der Waals surface area (Å²) in [5.74, 6) is -0.0245. The van der Waals surface area contributed by atoms with Crippen LogP contribution in [0, 0.1) is 0 Å². The van der Waals surface area contributed by atoms with Crippen LogP contribution in [-0.4, -0.2) is 37.4 Å². The van der Waals surface area contributed by atoms with Crippen molar-refractivity contribution in [1.29, 1.82) is 0 Å². The molecule has 0 saturated heterocycles. The number of nitrogens with one attached hydrogen (secondary N) is 3. The van der Waals surface area contributed by atoms with Crippen molar-refractivity contribution in [3.05, 3.63) is 59.7 Å². The summed E-state index contributed by atoms with van der Waals surface area (Å²) in [5.41, 5.74) is 1.91. The third-order valence-electron chi connectivity index (χ3n) is 4.62. The van der Waals surface area contributed by atoms with Crippen LogP contribution < -0.4 is 20.7 Å². The molecular formula is C21H23N3O4. The second-order valence-corrected chi connectivity index (χ2v) is 6.51. The van der Waals surface area contributed by atoms with E-state index in [1.54, 1.807) is 31.4 Å². The number of hydrogen-bond acceptors (Lipinski definition) is 4. The monoisotopic (exact) mass is 381 g/mol. The van der Waals surface area contributed by atoms with Gasteiger partial charge >= 0.3 is 0 Å². The topological polar surface area (TPSA) is 96.5 Å². The quantitative estimate of drug-likeness (QED) is 0.682. The van der Waals surface area contributed by atoms with E-state index in [1.165, 1.54) is 0 Å². The lowest BCUT2D eigenvalue weighted by atomic mass is 10.1. The fourth-order valence-corrected chi connectivity index (χ4v) is 3.12. The Labute approximate surface area is 163 Å². The summed E-state index contributed by atoms with van der Waals surface area (Å²) in [6.45, 7) is 0.466. The van der Waals surface area contributed by atoms with Crippen LogP contribution in [-0.2, 0) is 16.0 Å². The highest BCUT2D eigenvalue weighted by molar-refractivity contribution is 6.09. The number of carbonyl (C=O) groups excluding carboxylic acids is 3. The molecule has 2 aromatic carbocycles. The second-order valence-electron chi connectivity index (χ2n) is 6.51. The van der Waals surface area contributed by atoms with Crippen LogP contribution in [0.4, 0.5) is 5.69 Å². The van der Waals surface area contributed by atoms with E-state index in [-0.39, 0.29) is 30.6 Å². The maximum Gasteiger partial charge on any atom is 0.254 e. The van der Waals surface area contributed by atoms with Gasteiger partial charge in [-0.3, -0.25) is 14.4 Å². The SMILES string of the molecule is COc1ccccc1CCNC(=O)CCC1NC(=O)c2ccccc2NC1=O. The molecule has 7 nitrogen and oxygen atoms in total. The molecule has 3 amide bonds. The van der Waals surface area contributed by atoms with Gasteiger partial charge in [-0.25, -0.2) is 0 Å². The van der Waals surface area contributed by atoms with Crippen molar-refractivity contribution < 1.29 is 19.1 Å². The summed E-state index contributed by atoms with van der Waals surface area (Å²) in [6.07, 6.45) is 1.01. The van der Waals surface area contributed by atoms with Gasteiger partial charge in [-0.2, -0.15) is 0 Å². The molecule has 1 unspecified atom stereocenters. The molecule has 0 saturated carbocycles. The fraction of sp³-hybridized carbons (Fsp3) is 0.286. The number of ether oxygens (including phenoxy) is 1. The molecule has 28 heavy (non-hydrogen) atoms. The molecule has 3 rings (SSSR count). The largest absolute Gasteiger partial charge is 0.496 e. The fourth-order valence-electron chi connectivity index (χ4n) is 3.12. The summed E-state index contributed by atoms with van der Waals surface area (Å²) in [5, 5.41) is 8.27. The Bertz CT molecular complexity index is 881. The molecule has 7 heteroatoms. The van der Waals surface area contributed by atoms with Gasteiger partial charge in [0.2, 0.25) is 11.8 Å². The molecule has 146 valence electrons. The maximum absolute atomic E-state index is 12.3. The smallest absolute Gasteiger partial charge is 0.254 e. The van der Waals surface area contributed by atoms with Gasteiger partial charge in [-0.1, -0.05) is 30.3 Å². The number of carbonyl (C=O) groups is 3. The standard InChI is InChI=1S/C21H23N3O4/c1-28-18-9-5-2-6-14(18)12-13-22-19(25)11-10-17-21(27)23-16-8-4-3-7-15(16)20(26)24-17/h2-9,17H,10-13H2,1H3,(H,22,25)(H,23,27)(H,24,26). The van der Waals surface area contributed by atoms with E-state index in [1.807, 2.05) is 24.3 Å². The van der Waals surface area contributed by atoms with E-state index in [2.05, 4.69) is 16.0 Å². The van der Waals surface area contributed by atoms with Crippen LogP contribution in [0.15, 0.2) is 48.5 Å². The van der Waals surface area contributed by atoms with E-state index in [9.17, 15) is 14.4 Å².